The zero-order chi connectivity index (χ0) is 14.1. The molecule has 0 bridgehead atoms. The number of fused-ring (bicyclic) bond motifs is 1. The van der Waals surface area contributed by atoms with Crippen LogP contribution in [0.3, 0.4) is 0 Å². The summed E-state index contributed by atoms with van der Waals surface area (Å²) in [6, 6.07) is 11.1. The third-order valence-corrected chi connectivity index (χ3v) is 4.51. The van der Waals surface area contributed by atoms with Crippen LogP contribution in [0.2, 0.25) is 10.0 Å². The highest BCUT2D eigenvalue weighted by molar-refractivity contribution is 7.98. The van der Waals surface area contributed by atoms with E-state index in [-0.39, 0.29) is 0 Å². The van der Waals surface area contributed by atoms with Gasteiger partial charge in [0.05, 0.1) is 11.0 Å². The van der Waals surface area contributed by atoms with E-state index in [9.17, 15) is 0 Å². The van der Waals surface area contributed by atoms with E-state index in [1.165, 1.54) is 0 Å². The average molecular weight is 324 g/mol. The van der Waals surface area contributed by atoms with Gasteiger partial charge in [0.15, 0.2) is 5.16 Å². The number of aromatic amines is 1. The van der Waals surface area contributed by atoms with Crippen LogP contribution in [0.1, 0.15) is 5.56 Å². The Morgan fingerprint density at radius 2 is 1.90 bits per heavy atom. The number of imidazole rings is 1. The lowest BCUT2D eigenvalue weighted by Gasteiger charge is -2.04. The van der Waals surface area contributed by atoms with Gasteiger partial charge in [-0.25, -0.2) is 4.98 Å². The van der Waals surface area contributed by atoms with Gasteiger partial charge in [0, 0.05) is 21.5 Å². The Bertz CT molecular complexity index is 750. The van der Waals surface area contributed by atoms with Gasteiger partial charge in [-0.2, -0.15) is 0 Å². The van der Waals surface area contributed by atoms with Crippen LogP contribution in [0.15, 0.2) is 41.6 Å². The maximum Gasteiger partial charge on any atom is 0.166 e. The van der Waals surface area contributed by atoms with Crippen LogP contribution in [-0.2, 0) is 5.75 Å². The fraction of sp³-hybridized carbons (Fsp3) is 0.0714. The minimum atomic E-state index is 0.661. The van der Waals surface area contributed by atoms with Gasteiger partial charge in [0.25, 0.3) is 0 Å². The Morgan fingerprint density at radius 1 is 1.15 bits per heavy atom. The summed E-state index contributed by atoms with van der Waals surface area (Å²) in [5.41, 5.74) is 9.20. The number of nitrogens with zero attached hydrogens (tertiary/aromatic N) is 1. The number of halogens is 2. The van der Waals surface area contributed by atoms with Crippen LogP contribution in [0.4, 0.5) is 5.69 Å². The molecular weight excluding hydrogens is 313 g/mol. The second-order valence-electron chi connectivity index (χ2n) is 4.31. The van der Waals surface area contributed by atoms with Gasteiger partial charge >= 0.3 is 0 Å². The van der Waals surface area contributed by atoms with Crippen LogP contribution in [0.5, 0.6) is 0 Å². The summed E-state index contributed by atoms with van der Waals surface area (Å²) in [6.07, 6.45) is 0. The Kier molecular flexibility index (Phi) is 3.78. The van der Waals surface area contributed by atoms with Gasteiger partial charge in [-0.1, -0.05) is 41.0 Å². The van der Waals surface area contributed by atoms with Crippen molar-refractivity contribution in [3.8, 4) is 0 Å². The summed E-state index contributed by atoms with van der Waals surface area (Å²) in [7, 11) is 0. The van der Waals surface area contributed by atoms with E-state index >= 15 is 0 Å². The lowest BCUT2D eigenvalue weighted by atomic mass is 10.2. The average Bonchev–Trinajstić information content (AvgIpc) is 2.80. The summed E-state index contributed by atoms with van der Waals surface area (Å²) in [5, 5.41) is 2.16. The van der Waals surface area contributed by atoms with Gasteiger partial charge in [0.1, 0.15) is 0 Å². The minimum absolute atomic E-state index is 0.661. The summed E-state index contributed by atoms with van der Waals surface area (Å²) in [5.74, 6) is 0.661. The maximum atomic E-state index is 6.15. The van der Waals surface area contributed by atoms with Crippen molar-refractivity contribution in [1.29, 1.82) is 0 Å². The minimum Gasteiger partial charge on any atom is -0.399 e. The van der Waals surface area contributed by atoms with E-state index in [1.807, 2.05) is 36.4 Å². The van der Waals surface area contributed by atoms with E-state index in [1.54, 1.807) is 11.8 Å². The van der Waals surface area contributed by atoms with Crippen LogP contribution >= 0.6 is 35.0 Å². The Morgan fingerprint density at radius 3 is 2.65 bits per heavy atom. The molecule has 3 aromatic rings. The van der Waals surface area contributed by atoms with Crippen LogP contribution in [-0.4, -0.2) is 9.97 Å². The van der Waals surface area contributed by atoms with Gasteiger partial charge in [0.2, 0.25) is 0 Å². The van der Waals surface area contributed by atoms with E-state index in [0.717, 1.165) is 21.8 Å². The quantitative estimate of drug-likeness (QED) is 0.540. The third-order valence-electron chi connectivity index (χ3n) is 2.90. The third kappa shape index (κ3) is 2.73. The molecule has 1 aromatic heterocycles. The normalized spacial score (nSPS) is 11.1. The lowest BCUT2D eigenvalue weighted by Crippen LogP contribution is -1.85. The number of anilines is 1. The fourth-order valence-corrected chi connectivity index (χ4v) is 3.51. The van der Waals surface area contributed by atoms with Gasteiger partial charge < -0.3 is 10.7 Å². The van der Waals surface area contributed by atoms with E-state index in [0.29, 0.717) is 21.5 Å². The fourth-order valence-electron chi connectivity index (χ4n) is 1.88. The van der Waals surface area contributed by atoms with Gasteiger partial charge in [-0.3, -0.25) is 0 Å². The van der Waals surface area contributed by atoms with E-state index in [2.05, 4.69) is 9.97 Å². The second kappa shape index (κ2) is 5.56. The second-order valence-corrected chi connectivity index (χ2v) is 6.09. The Balaban J connectivity index is 1.83. The number of thioether (sulfide) groups is 1. The topological polar surface area (TPSA) is 54.7 Å². The summed E-state index contributed by atoms with van der Waals surface area (Å²) >= 11 is 13.9. The first-order valence-corrected chi connectivity index (χ1v) is 7.68. The Hall–Kier alpha value is -1.36. The molecule has 0 aliphatic heterocycles. The summed E-state index contributed by atoms with van der Waals surface area (Å²) < 4.78 is 0. The molecule has 0 atom stereocenters. The molecule has 0 saturated heterocycles. The SMILES string of the molecule is Nc1ccc2nc(SCc3c(Cl)cccc3Cl)[nH]c2c1. The number of hydrogen-bond donors (Lipinski definition) is 2. The molecule has 0 saturated carbocycles. The van der Waals surface area contributed by atoms with Crippen molar-refractivity contribution in [1.82, 2.24) is 9.97 Å². The lowest BCUT2D eigenvalue weighted by molar-refractivity contribution is 1.08. The zero-order valence-electron chi connectivity index (χ0n) is 10.4. The molecule has 0 aliphatic rings. The monoisotopic (exact) mass is 323 g/mol. The number of nitrogens with two attached hydrogens (primary N) is 1. The first-order chi connectivity index (χ1) is 9.63. The number of rotatable bonds is 3. The van der Waals surface area contributed by atoms with Crippen molar-refractivity contribution in [2.24, 2.45) is 0 Å². The van der Waals surface area contributed by atoms with Crippen LogP contribution in [0.25, 0.3) is 11.0 Å². The molecule has 0 fully saturated rings. The molecule has 6 heteroatoms. The van der Waals surface area contributed by atoms with E-state index < -0.39 is 0 Å². The van der Waals surface area contributed by atoms with Crippen molar-refractivity contribution in [3.63, 3.8) is 0 Å². The number of hydrogen-bond acceptors (Lipinski definition) is 3. The largest absolute Gasteiger partial charge is 0.399 e. The van der Waals surface area contributed by atoms with Crippen molar-refractivity contribution in [2.75, 3.05) is 5.73 Å². The molecule has 3 nitrogen and oxygen atoms in total. The predicted octanol–water partition coefficient (Wildman–Crippen LogP) is 4.74. The highest BCUT2D eigenvalue weighted by Crippen LogP contribution is 2.31. The molecule has 0 amide bonds. The number of nitrogen functional groups attached to an aromatic ring is 1. The molecule has 0 aliphatic carbocycles. The first kappa shape index (κ1) is 13.6. The summed E-state index contributed by atoms with van der Waals surface area (Å²) in [4.78, 5) is 7.73. The van der Waals surface area contributed by atoms with Crippen LogP contribution in [0, 0.1) is 0 Å². The van der Waals surface area contributed by atoms with Crippen molar-refractivity contribution < 1.29 is 0 Å². The molecule has 20 heavy (non-hydrogen) atoms. The molecule has 1 heterocycles. The smallest absolute Gasteiger partial charge is 0.166 e. The molecule has 3 rings (SSSR count). The predicted molar refractivity (Wildman–Crippen MR) is 86.5 cm³/mol. The highest BCUT2D eigenvalue weighted by Gasteiger charge is 2.08. The zero-order valence-corrected chi connectivity index (χ0v) is 12.7. The number of H-pyrrole nitrogens is 1. The Labute approximate surface area is 130 Å². The van der Waals surface area contributed by atoms with Crippen molar-refractivity contribution in [3.05, 3.63) is 52.0 Å². The highest BCUT2D eigenvalue weighted by atomic mass is 35.5. The molecule has 0 unspecified atom stereocenters. The van der Waals surface area contributed by atoms with Crippen molar-refractivity contribution in [2.45, 2.75) is 10.9 Å². The standard InChI is InChI=1S/C14H11Cl2N3S/c15-10-2-1-3-11(16)9(10)7-20-14-18-12-5-4-8(17)6-13(12)19-14/h1-6H,7,17H2,(H,18,19). The summed E-state index contributed by atoms with van der Waals surface area (Å²) in [6.45, 7) is 0. The number of aromatic nitrogens is 2. The molecule has 2 aromatic carbocycles. The maximum absolute atomic E-state index is 6.15. The number of nitrogens with one attached hydrogen (secondary N) is 1. The molecule has 3 N–H and O–H groups in total. The molecular formula is C14H11Cl2N3S. The molecule has 102 valence electrons. The van der Waals surface area contributed by atoms with Crippen molar-refractivity contribution >= 4 is 51.7 Å². The molecule has 0 radical (unpaired) electrons. The van der Waals surface area contributed by atoms with E-state index in [4.69, 9.17) is 28.9 Å². The number of benzene rings is 2. The van der Waals surface area contributed by atoms with Gasteiger partial charge in [-0.15, -0.1) is 0 Å². The van der Waals surface area contributed by atoms with Crippen LogP contribution < -0.4 is 5.73 Å². The molecule has 0 spiro atoms. The first-order valence-electron chi connectivity index (χ1n) is 5.94. The van der Waals surface area contributed by atoms with Gasteiger partial charge in [-0.05, 0) is 35.9 Å².